The van der Waals surface area contributed by atoms with Gasteiger partial charge in [0.2, 0.25) is 5.91 Å². The number of hydrogen-bond acceptors (Lipinski definition) is 1. The second-order valence-electron chi connectivity index (χ2n) is 6.05. The first-order valence-electron chi connectivity index (χ1n) is 7.22. The average molecular weight is 300 g/mol. The number of alkyl halides is 1. The van der Waals surface area contributed by atoms with E-state index < -0.39 is 0 Å². The third kappa shape index (κ3) is 2.40. The van der Waals surface area contributed by atoms with Crippen LogP contribution in [-0.4, -0.2) is 16.8 Å². The summed E-state index contributed by atoms with van der Waals surface area (Å²) >= 11 is 3.71. The third-order valence-electron chi connectivity index (χ3n) is 4.97. The lowest BCUT2D eigenvalue weighted by Crippen LogP contribution is -2.43. The molecule has 4 unspecified atom stereocenters. The van der Waals surface area contributed by atoms with Crippen molar-refractivity contribution in [1.82, 2.24) is 5.32 Å². The van der Waals surface area contributed by atoms with Gasteiger partial charge in [-0.3, -0.25) is 4.79 Å². The van der Waals surface area contributed by atoms with Gasteiger partial charge in [-0.25, -0.2) is 0 Å². The molecule has 17 heavy (non-hydrogen) atoms. The van der Waals surface area contributed by atoms with Crippen molar-refractivity contribution in [2.45, 2.75) is 62.2 Å². The zero-order valence-corrected chi connectivity index (χ0v) is 11.9. The van der Waals surface area contributed by atoms with Gasteiger partial charge in [-0.05, 0) is 37.5 Å². The molecule has 3 aliphatic carbocycles. The summed E-state index contributed by atoms with van der Waals surface area (Å²) in [6.45, 7) is 0. The molecule has 2 nitrogen and oxygen atoms in total. The molecule has 3 heteroatoms. The van der Waals surface area contributed by atoms with E-state index in [0.29, 0.717) is 22.7 Å². The van der Waals surface area contributed by atoms with Gasteiger partial charge in [0.15, 0.2) is 0 Å². The maximum absolute atomic E-state index is 12.3. The standard InChI is InChI=1S/C14H22BrNO/c15-11-7-3-4-8-12(11)16-14(17)13-9-5-1-2-6-10(9)13/h9-13H,1-8H2,(H,16,17). The van der Waals surface area contributed by atoms with Gasteiger partial charge in [0, 0.05) is 16.8 Å². The third-order valence-corrected chi connectivity index (χ3v) is 6.06. The summed E-state index contributed by atoms with van der Waals surface area (Å²) in [5.74, 6) is 2.21. The fraction of sp³-hybridized carbons (Fsp3) is 0.929. The molecule has 0 bridgehead atoms. The topological polar surface area (TPSA) is 29.1 Å². The second-order valence-corrected chi connectivity index (χ2v) is 7.23. The maximum Gasteiger partial charge on any atom is 0.223 e. The van der Waals surface area contributed by atoms with Crippen LogP contribution < -0.4 is 5.32 Å². The van der Waals surface area contributed by atoms with E-state index in [4.69, 9.17) is 0 Å². The second kappa shape index (κ2) is 4.91. The monoisotopic (exact) mass is 299 g/mol. The van der Waals surface area contributed by atoms with Crippen molar-refractivity contribution in [1.29, 1.82) is 0 Å². The molecule has 3 aliphatic rings. The Labute approximate surface area is 112 Å². The van der Waals surface area contributed by atoms with E-state index in [1.165, 1.54) is 44.9 Å². The molecule has 0 aromatic carbocycles. The number of hydrogen-bond donors (Lipinski definition) is 1. The van der Waals surface area contributed by atoms with Crippen LogP contribution in [0.4, 0.5) is 0 Å². The molecule has 96 valence electrons. The van der Waals surface area contributed by atoms with E-state index in [2.05, 4.69) is 21.2 Å². The molecule has 1 N–H and O–H groups in total. The summed E-state index contributed by atoms with van der Waals surface area (Å²) in [6, 6.07) is 0.388. The minimum Gasteiger partial charge on any atom is -0.352 e. The minimum absolute atomic E-state index is 0.359. The van der Waals surface area contributed by atoms with Crippen molar-refractivity contribution in [2.75, 3.05) is 0 Å². The summed E-state index contributed by atoms with van der Waals surface area (Å²) in [5.41, 5.74) is 0. The predicted octanol–water partition coefficient (Wildman–Crippen LogP) is 3.24. The Morgan fingerprint density at radius 1 is 0.941 bits per heavy atom. The van der Waals surface area contributed by atoms with Gasteiger partial charge in [0.05, 0.1) is 0 Å². The molecular weight excluding hydrogens is 278 g/mol. The Balaban J connectivity index is 1.53. The molecule has 0 radical (unpaired) electrons. The van der Waals surface area contributed by atoms with E-state index in [-0.39, 0.29) is 0 Å². The fourth-order valence-corrected chi connectivity index (χ4v) is 4.63. The molecule has 0 spiro atoms. The van der Waals surface area contributed by atoms with E-state index in [9.17, 15) is 4.79 Å². The van der Waals surface area contributed by atoms with Crippen LogP contribution in [0.15, 0.2) is 0 Å². The predicted molar refractivity (Wildman–Crippen MR) is 72.1 cm³/mol. The van der Waals surface area contributed by atoms with E-state index in [1.807, 2.05) is 0 Å². The van der Waals surface area contributed by atoms with Gasteiger partial charge < -0.3 is 5.32 Å². The van der Waals surface area contributed by atoms with Crippen molar-refractivity contribution in [3.8, 4) is 0 Å². The number of rotatable bonds is 2. The smallest absolute Gasteiger partial charge is 0.223 e. The SMILES string of the molecule is O=C(NC1CCCCC1Br)C1C2CCCCC21. The van der Waals surface area contributed by atoms with Gasteiger partial charge in [0.1, 0.15) is 0 Å². The average Bonchev–Trinajstić information content (AvgIpc) is 3.06. The van der Waals surface area contributed by atoms with Crippen molar-refractivity contribution in [3.05, 3.63) is 0 Å². The van der Waals surface area contributed by atoms with Crippen molar-refractivity contribution in [3.63, 3.8) is 0 Å². The van der Waals surface area contributed by atoms with Crippen LogP contribution >= 0.6 is 15.9 Å². The van der Waals surface area contributed by atoms with Gasteiger partial charge in [0.25, 0.3) is 0 Å². The molecule has 0 aromatic heterocycles. The largest absolute Gasteiger partial charge is 0.352 e. The van der Waals surface area contributed by atoms with Crippen LogP contribution in [0.1, 0.15) is 51.4 Å². The van der Waals surface area contributed by atoms with E-state index in [1.54, 1.807) is 0 Å². The molecule has 0 heterocycles. The summed E-state index contributed by atoms with van der Waals surface area (Å²) in [7, 11) is 0. The maximum atomic E-state index is 12.3. The quantitative estimate of drug-likeness (QED) is 0.779. The Morgan fingerprint density at radius 3 is 2.18 bits per heavy atom. The lowest BCUT2D eigenvalue weighted by atomic mass is 9.95. The van der Waals surface area contributed by atoms with Gasteiger partial charge in [-0.2, -0.15) is 0 Å². The summed E-state index contributed by atoms with van der Waals surface area (Å²) in [5, 5.41) is 3.30. The lowest BCUT2D eigenvalue weighted by Gasteiger charge is -2.28. The molecule has 1 amide bonds. The van der Waals surface area contributed by atoms with Crippen LogP contribution in [0.3, 0.4) is 0 Å². The Hall–Kier alpha value is -0.0500. The highest BCUT2D eigenvalue weighted by Gasteiger charge is 2.54. The van der Waals surface area contributed by atoms with E-state index in [0.717, 1.165) is 18.3 Å². The van der Waals surface area contributed by atoms with Crippen LogP contribution in [0, 0.1) is 17.8 Å². The van der Waals surface area contributed by atoms with E-state index >= 15 is 0 Å². The number of carbonyl (C=O) groups is 1. The zero-order chi connectivity index (χ0) is 11.8. The highest BCUT2D eigenvalue weighted by Crippen LogP contribution is 2.55. The highest BCUT2D eigenvalue weighted by atomic mass is 79.9. The van der Waals surface area contributed by atoms with Crippen LogP contribution in [0.5, 0.6) is 0 Å². The van der Waals surface area contributed by atoms with Gasteiger partial charge in [-0.1, -0.05) is 41.6 Å². The molecule has 0 aliphatic heterocycles. The first kappa shape index (κ1) is 12.0. The normalized spacial score (nSPS) is 44.9. The summed E-state index contributed by atoms with van der Waals surface area (Å²) < 4.78 is 0. The number of nitrogens with one attached hydrogen (secondary N) is 1. The zero-order valence-electron chi connectivity index (χ0n) is 10.3. The molecule has 0 saturated heterocycles. The van der Waals surface area contributed by atoms with Crippen LogP contribution in [0.25, 0.3) is 0 Å². The Bertz CT molecular complexity index is 295. The lowest BCUT2D eigenvalue weighted by molar-refractivity contribution is -0.123. The molecule has 3 rings (SSSR count). The van der Waals surface area contributed by atoms with Crippen molar-refractivity contribution >= 4 is 21.8 Å². The summed E-state index contributed by atoms with van der Waals surface area (Å²) in [4.78, 5) is 12.8. The van der Waals surface area contributed by atoms with Crippen molar-refractivity contribution < 1.29 is 4.79 Å². The molecular formula is C14H22BrNO. The number of fused-ring (bicyclic) bond motifs is 1. The van der Waals surface area contributed by atoms with Gasteiger partial charge >= 0.3 is 0 Å². The van der Waals surface area contributed by atoms with Crippen molar-refractivity contribution in [2.24, 2.45) is 17.8 Å². The number of halogens is 1. The highest BCUT2D eigenvalue weighted by molar-refractivity contribution is 9.09. The number of amides is 1. The summed E-state index contributed by atoms with van der Waals surface area (Å²) in [6.07, 6.45) is 10.2. The Kier molecular flexibility index (Phi) is 3.47. The first-order valence-corrected chi connectivity index (χ1v) is 8.13. The molecule has 3 fully saturated rings. The first-order chi connectivity index (χ1) is 8.27. The molecule has 4 atom stereocenters. The van der Waals surface area contributed by atoms with Gasteiger partial charge in [-0.15, -0.1) is 0 Å². The fourth-order valence-electron chi connectivity index (χ4n) is 3.91. The number of carbonyl (C=O) groups excluding carboxylic acids is 1. The molecule has 0 aromatic rings. The minimum atomic E-state index is 0.359. The van der Waals surface area contributed by atoms with Crippen LogP contribution in [0.2, 0.25) is 0 Å². The Morgan fingerprint density at radius 2 is 1.53 bits per heavy atom. The van der Waals surface area contributed by atoms with Crippen LogP contribution in [-0.2, 0) is 4.79 Å². The molecule has 3 saturated carbocycles.